The minimum atomic E-state index is 0.453. The third-order valence-electron chi connectivity index (χ3n) is 1.99. The Bertz CT molecular complexity index is 477. The molecule has 0 saturated carbocycles. The summed E-state index contributed by atoms with van der Waals surface area (Å²) < 4.78 is 0. The van der Waals surface area contributed by atoms with Gasteiger partial charge in [-0.05, 0) is 6.92 Å². The second kappa shape index (κ2) is 3.35. The first-order valence-corrected chi connectivity index (χ1v) is 4.33. The number of nitriles is 1. The lowest BCUT2D eigenvalue weighted by molar-refractivity contribution is 1.14. The summed E-state index contributed by atoms with van der Waals surface area (Å²) in [6.07, 6.45) is 0. The smallest absolute Gasteiger partial charge is 0.166 e. The van der Waals surface area contributed by atoms with E-state index in [0.29, 0.717) is 5.69 Å². The molecule has 0 unspecified atom stereocenters. The highest BCUT2D eigenvalue weighted by atomic mass is 14.9. The van der Waals surface area contributed by atoms with E-state index in [-0.39, 0.29) is 0 Å². The van der Waals surface area contributed by atoms with E-state index < -0.39 is 0 Å². The van der Waals surface area contributed by atoms with Gasteiger partial charge in [-0.1, -0.05) is 30.3 Å². The highest BCUT2D eigenvalue weighted by Crippen LogP contribution is 2.20. The van der Waals surface area contributed by atoms with Crippen LogP contribution in [0.4, 0.5) is 0 Å². The zero-order valence-corrected chi connectivity index (χ0v) is 7.78. The zero-order valence-electron chi connectivity index (χ0n) is 7.78. The Hall–Kier alpha value is -2.08. The molecule has 68 valence electrons. The molecule has 0 aliphatic rings. The van der Waals surface area contributed by atoms with Crippen molar-refractivity contribution in [2.24, 2.45) is 0 Å². The van der Waals surface area contributed by atoms with Crippen LogP contribution in [0.1, 0.15) is 11.5 Å². The molecule has 0 aliphatic carbocycles. The fraction of sp³-hybridized carbons (Fsp3) is 0.0909. The molecule has 3 heteroatoms. The van der Waals surface area contributed by atoms with Crippen molar-refractivity contribution >= 4 is 0 Å². The summed E-state index contributed by atoms with van der Waals surface area (Å²) in [4.78, 5) is 7.17. The molecule has 2 rings (SSSR count). The summed E-state index contributed by atoms with van der Waals surface area (Å²) in [5, 5.41) is 8.86. The molecule has 0 atom stereocenters. The highest BCUT2D eigenvalue weighted by molar-refractivity contribution is 5.64. The van der Waals surface area contributed by atoms with E-state index in [9.17, 15) is 0 Å². The average molecular weight is 183 g/mol. The van der Waals surface area contributed by atoms with Crippen LogP contribution in [-0.2, 0) is 0 Å². The maximum Gasteiger partial charge on any atom is 0.166 e. The van der Waals surface area contributed by atoms with Crippen LogP contribution in [-0.4, -0.2) is 9.97 Å². The van der Waals surface area contributed by atoms with Crippen molar-refractivity contribution in [3.63, 3.8) is 0 Å². The predicted molar refractivity (Wildman–Crippen MR) is 53.5 cm³/mol. The molecule has 2 aromatic rings. The molecule has 14 heavy (non-hydrogen) atoms. The van der Waals surface area contributed by atoms with Gasteiger partial charge in [-0.15, -0.1) is 0 Å². The lowest BCUT2D eigenvalue weighted by Crippen LogP contribution is -1.81. The molecule has 0 radical (unpaired) electrons. The van der Waals surface area contributed by atoms with Crippen LogP contribution >= 0.6 is 0 Å². The standard InChI is InChI=1S/C11H9N3/c1-8-13-10(7-12)11(14-8)9-5-3-2-4-6-9/h2-6H,1H3,(H,13,14). The average Bonchev–Trinajstić information content (AvgIpc) is 2.61. The largest absolute Gasteiger partial charge is 0.341 e. The molecule has 1 heterocycles. The maximum atomic E-state index is 8.86. The number of rotatable bonds is 1. The first kappa shape index (κ1) is 8.52. The number of imidazole rings is 1. The Labute approximate surface area is 82.0 Å². The molecule has 3 nitrogen and oxygen atoms in total. The number of benzene rings is 1. The zero-order chi connectivity index (χ0) is 9.97. The minimum absolute atomic E-state index is 0.453. The van der Waals surface area contributed by atoms with Gasteiger partial charge in [0.25, 0.3) is 0 Å². The number of hydrogen-bond acceptors (Lipinski definition) is 2. The Morgan fingerprint density at radius 2 is 2.00 bits per heavy atom. The SMILES string of the molecule is Cc1nc(C#N)c(-c2ccccc2)[nH]1. The van der Waals surface area contributed by atoms with E-state index in [0.717, 1.165) is 17.1 Å². The molecule has 0 bridgehead atoms. The van der Waals surface area contributed by atoms with Crippen LogP contribution < -0.4 is 0 Å². The van der Waals surface area contributed by atoms with Gasteiger partial charge in [0.05, 0.1) is 5.69 Å². The van der Waals surface area contributed by atoms with E-state index in [1.165, 1.54) is 0 Å². The Kier molecular flexibility index (Phi) is 2.04. The normalized spacial score (nSPS) is 9.71. The number of aromatic nitrogens is 2. The summed E-state index contributed by atoms with van der Waals surface area (Å²) in [6, 6.07) is 11.8. The molecule has 0 spiro atoms. The number of aryl methyl sites for hydroxylation is 1. The first-order valence-electron chi connectivity index (χ1n) is 4.33. The van der Waals surface area contributed by atoms with Crippen molar-refractivity contribution in [3.8, 4) is 17.3 Å². The van der Waals surface area contributed by atoms with Crippen molar-refractivity contribution < 1.29 is 0 Å². The molecule has 0 saturated heterocycles. The Balaban J connectivity index is 2.58. The number of nitrogens with one attached hydrogen (secondary N) is 1. The number of hydrogen-bond donors (Lipinski definition) is 1. The van der Waals surface area contributed by atoms with Crippen LogP contribution in [0.2, 0.25) is 0 Å². The second-order valence-corrected chi connectivity index (χ2v) is 3.02. The molecule has 1 aromatic carbocycles. The van der Waals surface area contributed by atoms with Gasteiger partial charge >= 0.3 is 0 Å². The molecular weight excluding hydrogens is 174 g/mol. The molecule has 1 aromatic heterocycles. The second-order valence-electron chi connectivity index (χ2n) is 3.02. The van der Waals surface area contributed by atoms with Gasteiger partial charge in [0.2, 0.25) is 0 Å². The van der Waals surface area contributed by atoms with Gasteiger partial charge in [-0.25, -0.2) is 4.98 Å². The van der Waals surface area contributed by atoms with E-state index in [1.807, 2.05) is 37.3 Å². The summed E-state index contributed by atoms with van der Waals surface area (Å²) in [6.45, 7) is 1.84. The van der Waals surface area contributed by atoms with Gasteiger partial charge < -0.3 is 4.98 Å². The van der Waals surface area contributed by atoms with E-state index in [1.54, 1.807) is 0 Å². The lowest BCUT2D eigenvalue weighted by atomic mass is 10.1. The number of aromatic amines is 1. The van der Waals surface area contributed by atoms with E-state index >= 15 is 0 Å². The van der Waals surface area contributed by atoms with Gasteiger partial charge in [0.15, 0.2) is 5.69 Å². The molecular formula is C11H9N3. The summed E-state index contributed by atoms with van der Waals surface area (Å²) in [7, 11) is 0. The van der Waals surface area contributed by atoms with Crippen LogP contribution in [0, 0.1) is 18.3 Å². The fourth-order valence-electron chi connectivity index (χ4n) is 1.39. The third kappa shape index (κ3) is 1.38. The lowest BCUT2D eigenvalue weighted by Gasteiger charge is -1.95. The van der Waals surface area contributed by atoms with Gasteiger partial charge in [-0.3, -0.25) is 0 Å². The molecule has 0 fully saturated rings. The van der Waals surface area contributed by atoms with Gasteiger partial charge in [0, 0.05) is 5.56 Å². The first-order chi connectivity index (χ1) is 6.81. The molecule has 1 N–H and O–H groups in total. The van der Waals surface area contributed by atoms with E-state index in [2.05, 4.69) is 16.0 Å². The van der Waals surface area contributed by atoms with E-state index in [4.69, 9.17) is 5.26 Å². The Morgan fingerprint density at radius 1 is 1.29 bits per heavy atom. The van der Waals surface area contributed by atoms with Crippen LogP contribution in [0.15, 0.2) is 30.3 Å². The van der Waals surface area contributed by atoms with Crippen LogP contribution in [0.3, 0.4) is 0 Å². The van der Waals surface area contributed by atoms with Crippen LogP contribution in [0.5, 0.6) is 0 Å². The predicted octanol–water partition coefficient (Wildman–Crippen LogP) is 2.26. The Morgan fingerprint density at radius 3 is 2.64 bits per heavy atom. The third-order valence-corrected chi connectivity index (χ3v) is 1.99. The minimum Gasteiger partial charge on any atom is -0.341 e. The number of H-pyrrole nitrogens is 1. The van der Waals surface area contributed by atoms with Crippen molar-refractivity contribution in [3.05, 3.63) is 41.9 Å². The van der Waals surface area contributed by atoms with Crippen LogP contribution in [0.25, 0.3) is 11.3 Å². The van der Waals surface area contributed by atoms with Crippen molar-refractivity contribution in [1.29, 1.82) is 5.26 Å². The monoisotopic (exact) mass is 183 g/mol. The van der Waals surface area contributed by atoms with Crippen molar-refractivity contribution in [2.45, 2.75) is 6.92 Å². The quantitative estimate of drug-likeness (QED) is 0.737. The number of nitrogens with zero attached hydrogens (tertiary/aromatic N) is 2. The summed E-state index contributed by atoms with van der Waals surface area (Å²) in [5.74, 6) is 0.764. The topological polar surface area (TPSA) is 52.5 Å². The van der Waals surface area contributed by atoms with Crippen molar-refractivity contribution in [1.82, 2.24) is 9.97 Å². The summed E-state index contributed by atoms with van der Waals surface area (Å²) in [5.41, 5.74) is 2.24. The van der Waals surface area contributed by atoms with Gasteiger partial charge in [0.1, 0.15) is 11.9 Å². The summed E-state index contributed by atoms with van der Waals surface area (Å²) >= 11 is 0. The maximum absolute atomic E-state index is 8.86. The van der Waals surface area contributed by atoms with Gasteiger partial charge in [-0.2, -0.15) is 5.26 Å². The highest BCUT2D eigenvalue weighted by Gasteiger charge is 2.08. The molecule has 0 aliphatic heterocycles. The molecule has 0 amide bonds. The fourth-order valence-corrected chi connectivity index (χ4v) is 1.39. The van der Waals surface area contributed by atoms with Crippen molar-refractivity contribution in [2.75, 3.05) is 0 Å².